The third-order valence-corrected chi connectivity index (χ3v) is 4.11. The third-order valence-electron chi connectivity index (χ3n) is 3.17. The predicted octanol–water partition coefficient (Wildman–Crippen LogP) is 3.19. The molecule has 106 valence electrons. The lowest BCUT2D eigenvalue weighted by molar-refractivity contribution is -0.115. The smallest absolute Gasteiger partial charge is 0.236 e. The maximum Gasteiger partial charge on any atom is 0.236 e. The minimum atomic E-state index is 0.0907. The van der Waals surface area contributed by atoms with Crippen molar-refractivity contribution in [2.75, 3.05) is 17.7 Å². The average molecular weight is 290 g/mol. The maximum absolute atomic E-state index is 12.1. The molecule has 2 aromatic rings. The van der Waals surface area contributed by atoms with Gasteiger partial charge in [0, 0.05) is 24.1 Å². The van der Waals surface area contributed by atoms with Gasteiger partial charge in [-0.25, -0.2) is 0 Å². The summed E-state index contributed by atoms with van der Waals surface area (Å²) in [5, 5.41) is 3.91. The molecule has 0 fully saturated rings. The van der Waals surface area contributed by atoms with Crippen molar-refractivity contribution in [2.24, 2.45) is 0 Å². The summed E-state index contributed by atoms with van der Waals surface area (Å²) >= 11 is 1.58. The summed E-state index contributed by atoms with van der Waals surface area (Å²) in [6.07, 6.45) is 0. The Balaban J connectivity index is 1.87. The summed E-state index contributed by atoms with van der Waals surface area (Å²) < 4.78 is 5.11. The Morgan fingerprint density at radius 1 is 1.30 bits per heavy atom. The van der Waals surface area contributed by atoms with E-state index in [1.807, 2.05) is 44.2 Å². The van der Waals surface area contributed by atoms with Crippen LogP contribution in [0.25, 0.3) is 0 Å². The Labute approximate surface area is 123 Å². The number of aryl methyl sites for hydroxylation is 2. The third kappa shape index (κ3) is 3.42. The number of aromatic nitrogens is 1. The zero-order chi connectivity index (χ0) is 14.5. The van der Waals surface area contributed by atoms with Crippen LogP contribution >= 0.6 is 11.8 Å². The summed E-state index contributed by atoms with van der Waals surface area (Å²) in [5.74, 6) is 2.11. The first-order valence-corrected chi connectivity index (χ1v) is 7.56. The highest BCUT2D eigenvalue weighted by Gasteiger charge is 2.13. The van der Waals surface area contributed by atoms with Crippen molar-refractivity contribution in [3.63, 3.8) is 0 Å². The Morgan fingerprint density at radius 2 is 2.00 bits per heavy atom. The number of hydrogen-bond acceptors (Lipinski definition) is 4. The van der Waals surface area contributed by atoms with Crippen molar-refractivity contribution in [1.29, 1.82) is 0 Å². The number of hydrogen-bond donors (Lipinski definition) is 0. The number of nitrogens with zero attached hydrogens (tertiary/aromatic N) is 2. The molecule has 0 aliphatic heterocycles. The molecule has 20 heavy (non-hydrogen) atoms. The molecule has 0 bridgehead atoms. The molecular weight excluding hydrogens is 272 g/mol. The molecule has 0 N–H and O–H groups in total. The van der Waals surface area contributed by atoms with Gasteiger partial charge in [-0.15, -0.1) is 11.8 Å². The summed E-state index contributed by atoms with van der Waals surface area (Å²) in [6.45, 7) is 3.82. The van der Waals surface area contributed by atoms with Crippen molar-refractivity contribution < 1.29 is 9.32 Å². The molecule has 0 saturated heterocycles. The lowest BCUT2D eigenvalue weighted by Crippen LogP contribution is -2.27. The summed E-state index contributed by atoms with van der Waals surface area (Å²) in [7, 11) is 1.80. The van der Waals surface area contributed by atoms with E-state index in [0.717, 1.165) is 28.5 Å². The highest BCUT2D eigenvalue weighted by molar-refractivity contribution is 7.99. The van der Waals surface area contributed by atoms with E-state index < -0.39 is 0 Å². The van der Waals surface area contributed by atoms with E-state index in [1.165, 1.54) is 0 Å². The summed E-state index contributed by atoms with van der Waals surface area (Å²) in [5.41, 5.74) is 2.90. The molecule has 2 rings (SSSR count). The Morgan fingerprint density at radius 3 is 2.60 bits per heavy atom. The molecule has 0 aliphatic rings. The zero-order valence-electron chi connectivity index (χ0n) is 11.9. The van der Waals surface area contributed by atoms with E-state index in [-0.39, 0.29) is 5.91 Å². The van der Waals surface area contributed by atoms with Crippen molar-refractivity contribution in [2.45, 2.75) is 19.6 Å². The molecule has 0 saturated carbocycles. The lowest BCUT2D eigenvalue weighted by Gasteiger charge is -2.16. The largest absolute Gasteiger partial charge is 0.361 e. The Hall–Kier alpha value is -1.75. The van der Waals surface area contributed by atoms with Crippen molar-refractivity contribution in [3.05, 3.63) is 47.3 Å². The molecule has 5 heteroatoms. The topological polar surface area (TPSA) is 46.3 Å². The van der Waals surface area contributed by atoms with E-state index in [9.17, 15) is 4.79 Å². The van der Waals surface area contributed by atoms with Crippen LogP contribution in [0.1, 0.15) is 17.0 Å². The second-order valence-electron chi connectivity index (χ2n) is 4.58. The van der Waals surface area contributed by atoms with Gasteiger partial charge < -0.3 is 9.42 Å². The monoisotopic (exact) mass is 290 g/mol. The highest BCUT2D eigenvalue weighted by Crippen LogP contribution is 2.20. The number of carbonyl (C=O) groups excluding carboxylic acids is 1. The first-order valence-electron chi connectivity index (χ1n) is 6.40. The van der Waals surface area contributed by atoms with Gasteiger partial charge in [-0.1, -0.05) is 23.4 Å². The van der Waals surface area contributed by atoms with Gasteiger partial charge in [-0.2, -0.15) is 0 Å². The van der Waals surface area contributed by atoms with Crippen LogP contribution in [0.5, 0.6) is 0 Å². The fraction of sp³-hybridized carbons (Fsp3) is 0.333. The Kier molecular flexibility index (Phi) is 4.84. The van der Waals surface area contributed by atoms with Crippen LogP contribution in [0, 0.1) is 13.8 Å². The molecule has 1 amide bonds. The van der Waals surface area contributed by atoms with Crippen LogP contribution in [0.3, 0.4) is 0 Å². The van der Waals surface area contributed by atoms with Crippen LogP contribution in [0.4, 0.5) is 5.69 Å². The summed E-state index contributed by atoms with van der Waals surface area (Å²) in [4.78, 5) is 13.8. The van der Waals surface area contributed by atoms with Crippen LogP contribution in [0.2, 0.25) is 0 Å². The summed E-state index contributed by atoms with van der Waals surface area (Å²) in [6, 6.07) is 9.65. The van der Waals surface area contributed by atoms with Gasteiger partial charge in [-0.05, 0) is 26.0 Å². The quantitative estimate of drug-likeness (QED) is 0.848. The van der Waals surface area contributed by atoms with Gasteiger partial charge in [0.15, 0.2) is 0 Å². The second kappa shape index (κ2) is 6.61. The van der Waals surface area contributed by atoms with Gasteiger partial charge in [0.05, 0.1) is 11.4 Å². The molecule has 0 aliphatic carbocycles. The molecule has 0 unspecified atom stereocenters. The van der Waals surface area contributed by atoms with Crippen LogP contribution in [-0.2, 0) is 10.5 Å². The number of para-hydroxylation sites is 1. The van der Waals surface area contributed by atoms with E-state index in [0.29, 0.717) is 5.75 Å². The minimum Gasteiger partial charge on any atom is -0.361 e. The van der Waals surface area contributed by atoms with E-state index in [1.54, 1.807) is 23.7 Å². The first-order chi connectivity index (χ1) is 9.59. The fourth-order valence-electron chi connectivity index (χ4n) is 1.84. The maximum atomic E-state index is 12.1. The molecule has 0 atom stereocenters. The van der Waals surface area contributed by atoms with Gasteiger partial charge in [0.2, 0.25) is 5.91 Å². The number of benzene rings is 1. The zero-order valence-corrected chi connectivity index (χ0v) is 12.7. The molecule has 1 aromatic heterocycles. The number of anilines is 1. The lowest BCUT2D eigenvalue weighted by atomic mass is 10.2. The second-order valence-corrected chi connectivity index (χ2v) is 5.57. The van der Waals surface area contributed by atoms with E-state index in [2.05, 4.69) is 5.16 Å². The SMILES string of the molecule is Cc1noc(C)c1CSCC(=O)N(C)c1ccccc1. The van der Waals surface area contributed by atoms with Crippen LogP contribution < -0.4 is 4.90 Å². The van der Waals surface area contributed by atoms with Gasteiger partial charge in [0.1, 0.15) is 5.76 Å². The fourth-order valence-corrected chi connectivity index (χ4v) is 2.93. The standard InChI is InChI=1S/C15H18N2O2S/c1-11-14(12(2)19-16-11)9-20-10-15(18)17(3)13-7-5-4-6-8-13/h4-8H,9-10H2,1-3H3. The molecule has 1 aromatic carbocycles. The molecule has 0 radical (unpaired) electrons. The molecule has 4 nitrogen and oxygen atoms in total. The number of thioether (sulfide) groups is 1. The molecule has 1 heterocycles. The molecule has 0 spiro atoms. The highest BCUT2D eigenvalue weighted by atomic mass is 32.2. The van der Waals surface area contributed by atoms with E-state index >= 15 is 0 Å². The molecular formula is C15H18N2O2S. The van der Waals surface area contributed by atoms with Gasteiger partial charge >= 0.3 is 0 Å². The van der Waals surface area contributed by atoms with Crippen molar-refractivity contribution >= 4 is 23.4 Å². The Bertz CT molecular complexity index is 561. The average Bonchev–Trinajstić information content (AvgIpc) is 2.79. The number of rotatable bonds is 5. The minimum absolute atomic E-state index is 0.0907. The van der Waals surface area contributed by atoms with Gasteiger partial charge in [-0.3, -0.25) is 4.79 Å². The van der Waals surface area contributed by atoms with Crippen LogP contribution in [-0.4, -0.2) is 23.9 Å². The van der Waals surface area contributed by atoms with E-state index in [4.69, 9.17) is 4.52 Å². The number of amides is 1. The first kappa shape index (κ1) is 14.7. The predicted molar refractivity (Wildman–Crippen MR) is 82.0 cm³/mol. The van der Waals surface area contributed by atoms with Gasteiger partial charge in [0.25, 0.3) is 0 Å². The number of carbonyl (C=O) groups is 1. The normalized spacial score (nSPS) is 10.6. The van der Waals surface area contributed by atoms with Crippen molar-refractivity contribution in [3.8, 4) is 0 Å². The van der Waals surface area contributed by atoms with Crippen molar-refractivity contribution in [1.82, 2.24) is 5.16 Å². The van der Waals surface area contributed by atoms with Crippen LogP contribution in [0.15, 0.2) is 34.9 Å².